The van der Waals surface area contributed by atoms with E-state index in [0.717, 1.165) is 5.56 Å². The van der Waals surface area contributed by atoms with Crippen LogP contribution in [0.15, 0.2) is 36.7 Å². The zero-order valence-corrected chi connectivity index (χ0v) is 13.7. The summed E-state index contributed by atoms with van der Waals surface area (Å²) < 4.78 is 7.54. The molecule has 3 rings (SSSR count). The van der Waals surface area contributed by atoms with Crippen molar-refractivity contribution >= 4 is 17.5 Å². The summed E-state index contributed by atoms with van der Waals surface area (Å²) in [4.78, 5) is 14.4. The van der Waals surface area contributed by atoms with Crippen molar-refractivity contribution in [3.63, 3.8) is 0 Å². The van der Waals surface area contributed by atoms with Gasteiger partial charge in [-0.25, -0.2) is 0 Å². The molecule has 1 fully saturated rings. The van der Waals surface area contributed by atoms with Crippen LogP contribution in [0.1, 0.15) is 25.0 Å². The molecule has 0 N–H and O–H groups in total. The van der Waals surface area contributed by atoms with E-state index >= 15 is 0 Å². The maximum Gasteiger partial charge on any atom is 0.224 e. The van der Waals surface area contributed by atoms with Crippen LogP contribution in [-0.2, 0) is 16.1 Å². The van der Waals surface area contributed by atoms with Crippen LogP contribution in [-0.4, -0.2) is 45.0 Å². The van der Waals surface area contributed by atoms with Crippen LogP contribution in [0, 0.1) is 0 Å². The molecule has 6 nitrogen and oxygen atoms in total. The summed E-state index contributed by atoms with van der Waals surface area (Å²) in [7, 11) is 0. The Balaban J connectivity index is 1.66. The average molecular weight is 335 g/mol. The highest BCUT2D eigenvalue weighted by molar-refractivity contribution is 6.31. The first kappa shape index (κ1) is 16.0. The third-order valence-corrected chi connectivity index (χ3v) is 4.38. The predicted molar refractivity (Wildman–Crippen MR) is 86.0 cm³/mol. The first-order valence-electron chi connectivity index (χ1n) is 7.64. The van der Waals surface area contributed by atoms with Gasteiger partial charge in [-0.05, 0) is 13.0 Å². The van der Waals surface area contributed by atoms with Gasteiger partial charge in [-0.3, -0.25) is 9.48 Å². The molecule has 0 radical (unpaired) electrons. The quantitative estimate of drug-likeness (QED) is 0.861. The smallest absolute Gasteiger partial charge is 0.224 e. The first-order chi connectivity index (χ1) is 11.1. The van der Waals surface area contributed by atoms with E-state index in [1.54, 1.807) is 17.1 Å². The fraction of sp³-hybridized carbons (Fsp3) is 0.438. The van der Waals surface area contributed by atoms with Crippen LogP contribution in [0.4, 0.5) is 0 Å². The molecule has 7 heteroatoms. The van der Waals surface area contributed by atoms with Crippen molar-refractivity contribution in [3.05, 3.63) is 47.2 Å². The highest BCUT2D eigenvalue weighted by Gasteiger charge is 2.31. The Kier molecular flexibility index (Phi) is 4.93. The van der Waals surface area contributed by atoms with Crippen molar-refractivity contribution in [3.8, 4) is 0 Å². The molecule has 1 saturated heterocycles. The summed E-state index contributed by atoms with van der Waals surface area (Å²) in [5, 5.41) is 8.29. The molecular formula is C16H19ClN4O2. The Labute approximate surface area is 140 Å². The molecule has 1 aliphatic heterocycles. The highest BCUT2D eigenvalue weighted by atomic mass is 35.5. The van der Waals surface area contributed by atoms with Crippen molar-refractivity contribution in [2.24, 2.45) is 0 Å². The number of hydrogen-bond acceptors (Lipinski definition) is 4. The number of benzene rings is 1. The van der Waals surface area contributed by atoms with Gasteiger partial charge < -0.3 is 9.64 Å². The number of aromatic nitrogens is 3. The van der Waals surface area contributed by atoms with Crippen LogP contribution in [0.3, 0.4) is 0 Å². The third-order valence-electron chi connectivity index (χ3n) is 4.03. The van der Waals surface area contributed by atoms with E-state index in [1.165, 1.54) is 0 Å². The Morgan fingerprint density at radius 2 is 2.26 bits per heavy atom. The van der Waals surface area contributed by atoms with Crippen molar-refractivity contribution in [2.75, 3.05) is 13.2 Å². The van der Waals surface area contributed by atoms with Crippen LogP contribution >= 0.6 is 11.6 Å². The van der Waals surface area contributed by atoms with Gasteiger partial charge in [-0.2, -0.15) is 0 Å². The molecule has 2 heterocycles. The lowest BCUT2D eigenvalue weighted by atomic mass is 10.1. The van der Waals surface area contributed by atoms with Gasteiger partial charge in [0.25, 0.3) is 0 Å². The van der Waals surface area contributed by atoms with Gasteiger partial charge in [0, 0.05) is 23.2 Å². The van der Waals surface area contributed by atoms with Crippen LogP contribution < -0.4 is 0 Å². The van der Waals surface area contributed by atoms with Crippen molar-refractivity contribution in [1.82, 2.24) is 19.9 Å². The molecule has 0 aliphatic carbocycles. The van der Waals surface area contributed by atoms with E-state index in [9.17, 15) is 4.79 Å². The summed E-state index contributed by atoms with van der Waals surface area (Å²) in [5.41, 5.74) is 0.926. The van der Waals surface area contributed by atoms with Crippen molar-refractivity contribution in [2.45, 2.75) is 32.0 Å². The van der Waals surface area contributed by atoms with Crippen molar-refractivity contribution in [1.29, 1.82) is 0 Å². The Morgan fingerprint density at radius 1 is 1.43 bits per heavy atom. The minimum atomic E-state index is -0.185. The van der Waals surface area contributed by atoms with Crippen molar-refractivity contribution < 1.29 is 9.53 Å². The molecule has 0 spiro atoms. The molecule has 122 valence electrons. The SMILES string of the molecule is CC1COC(c2ccccc2Cl)CN1C(=O)CCn1ccnn1. The predicted octanol–water partition coefficient (Wildman–Crippen LogP) is 2.31. The molecule has 23 heavy (non-hydrogen) atoms. The number of nitrogens with zero attached hydrogens (tertiary/aromatic N) is 4. The molecular weight excluding hydrogens is 316 g/mol. The number of carbonyl (C=O) groups excluding carboxylic acids is 1. The second-order valence-electron chi connectivity index (χ2n) is 5.65. The highest BCUT2D eigenvalue weighted by Crippen LogP contribution is 2.30. The zero-order chi connectivity index (χ0) is 16.2. The van der Waals surface area contributed by atoms with E-state index in [-0.39, 0.29) is 18.1 Å². The normalized spacial score (nSPS) is 21.4. The number of ether oxygens (including phenoxy) is 1. The Bertz CT molecular complexity index is 662. The summed E-state index contributed by atoms with van der Waals surface area (Å²) in [6.07, 6.45) is 3.57. The zero-order valence-electron chi connectivity index (χ0n) is 12.9. The van der Waals surface area contributed by atoms with E-state index < -0.39 is 0 Å². The van der Waals surface area contributed by atoms with Gasteiger partial charge in [-0.1, -0.05) is 35.0 Å². The third kappa shape index (κ3) is 3.71. The summed E-state index contributed by atoms with van der Waals surface area (Å²) in [5.74, 6) is 0.0911. The van der Waals surface area contributed by atoms with Crippen LogP contribution in [0.2, 0.25) is 5.02 Å². The van der Waals surface area contributed by atoms with E-state index in [2.05, 4.69) is 10.3 Å². The molecule has 0 saturated carbocycles. The molecule has 1 aromatic carbocycles. The lowest BCUT2D eigenvalue weighted by molar-refractivity contribution is -0.144. The number of rotatable bonds is 4. The van der Waals surface area contributed by atoms with Gasteiger partial charge in [0.2, 0.25) is 5.91 Å². The lowest BCUT2D eigenvalue weighted by Gasteiger charge is -2.38. The number of aryl methyl sites for hydroxylation is 1. The Hall–Kier alpha value is -1.92. The lowest BCUT2D eigenvalue weighted by Crippen LogP contribution is -2.48. The van der Waals surface area contributed by atoms with Gasteiger partial charge in [0.15, 0.2) is 0 Å². The molecule has 1 aromatic heterocycles. The maximum absolute atomic E-state index is 12.5. The van der Waals surface area contributed by atoms with Crippen LogP contribution in [0.25, 0.3) is 0 Å². The summed E-state index contributed by atoms with van der Waals surface area (Å²) in [6.45, 7) is 3.54. The molecule has 2 unspecified atom stereocenters. The first-order valence-corrected chi connectivity index (χ1v) is 8.02. The number of carbonyl (C=O) groups is 1. The number of amides is 1. The van der Waals surface area contributed by atoms with Gasteiger partial charge in [-0.15, -0.1) is 5.10 Å². The minimum absolute atomic E-state index is 0.0528. The summed E-state index contributed by atoms with van der Waals surface area (Å²) >= 11 is 6.25. The Morgan fingerprint density at radius 3 is 3.00 bits per heavy atom. The number of halogens is 1. The second kappa shape index (κ2) is 7.10. The molecule has 1 amide bonds. The largest absolute Gasteiger partial charge is 0.369 e. The fourth-order valence-corrected chi connectivity index (χ4v) is 2.99. The average Bonchev–Trinajstić information content (AvgIpc) is 3.07. The van der Waals surface area contributed by atoms with Gasteiger partial charge >= 0.3 is 0 Å². The minimum Gasteiger partial charge on any atom is -0.369 e. The topological polar surface area (TPSA) is 60.2 Å². The molecule has 1 aliphatic rings. The molecule has 2 atom stereocenters. The van der Waals surface area contributed by atoms with E-state index in [4.69, 9.17) is 16.3 Å². The maximum atomic E-state index is 12.5. The van der Waals surface area contributed by atoms with Gasteiger partial charge in [0.05, 0.1) is 31.9 Å². The number of morpholine rings is 1. The second-order valence-corrected chi connectivity index (χ2v) is 6.06. The van der Waals surface area contributed by atoms with E-state index in [1.807, 2.05) is 36.1 Å². The van der Waals surface area contributed by atoms with E-state index in [0.29, 0.717) is 31.1 Å². The number of hydrogen-bond donors (Lipinski definition) is 0. The standard InChI is InChI=1S/C16H19ClN4O2/c1-12-11-23-15(13-4-2-3-5-14(13)17)10-21(12)16(22)6-8-20-9-7-18-19-20/h2-5,7,9,12,15H,6,8,10-11H2,1H3. The molecule has 0 bridgehead atoms. The van der Waals surface area contributed by atoms with Gasteiger partial charge in [0.1, 0.15) is 6.10 Å². The fourth-order valence-electron chi connectivity index (χ4n) is 2.73. The monoisotopic (exact) mass is 334 g/mol. The summed E-state index contributed by atoms with van der Waals surface area (Å²) in [6, 6.07) is 7.66. The van der Waals surface area contributed by atoms with Crippen LogP contribution in [0.5, 0.6) is 0 Å². The molecule has 2 aromatic rings.